The van der Waals surface area contributed by atoms with Crippen LogP contribution in [0, 0.1) is 0 Å². The number of benzene rings is 1. The Balaban J connectivity index is 1.51. The molecule has 6 nitrogen and oxygen atoms in total. The molecule has 0 saturated heterocycles. The van der Waals surface area contributed by atoms with Crippen molar-refractivity contribution >= 4 is 16.9 Å². The van der Waals surface area contributed by atoms with Crippen molar-refractivity contribution in [1.82, 2.24) is 25.5 Å². The molecule has 3 N–H and O–H groups in total. The third kappa shape index (κ3) is 2.85. The summed E-state index contributed by atoms with van der Waals surface area (Å²) in [5.41, 5.74) is 2.78. The molecule has 0 aliphatic rings. The molecule has 3 rings (SSSR count). The molecule has 2 heterocycles. The first-order valence-corrected chi connectivity index (χ1v) is 6.50. The van der Waals surface area contributed by atoms with E-state index in [1.54, 1.807) is 12.3 Å². The maximum absolute atomic E-state index is 11.7. The fourth-order valence-corrected chi connectivity index (χ4v) is 2.06. The van der Waals surface area contributed by atoms with Crippen LogP contribution in [0.25, 0.3) is 11.0 Å². The first-order valence-electron chi connectivity index (χ1n) is 6.50. The van der Waals surface area contributed by atoms with Crippen molar-refractivity contribution in [2.45, 2.75) is 12.8 Å². The van der Waals surface area contributed by atoms with E-state index in [2.05, 4.69) is 25.5 Å². The molecular formula is C14H15N5O. The van der Waals surface area contributed by atoms with Gasteiger partial charge in [0.05, 0.1) is 17.5 Å². The topological polar surface area (TPSA) is 86.5 Å². The summed E-state index contributed by atoms with van der Waals surface area (Å²) in [5, 5.41) is 9.44. The lowest BCUT2D eigenvalue weighted by Gasteiger charge is -2.02. The minimum absolute atomic E-state index is 0.0228. The van der Waals surface area contributed by atoms with Crippen LogP contribution in [0.2, 0.25) is 0 Å². The molecule has 0 fully saturated rings. The van der Waals surface area contributed by atoms with Gasteiger partial charge in [0.15, 0.2) is 0 Å². The number of amides is 1. The molecular weight excluding hydrogens is 254 g/mol. The van der Waals surface area contributed by atoms with Crippen LogP contribution in [0.15, 0.2) is 36.5 Å². The van der Waals surface area contributed by atoms with Crippen molar-refractivity contribution in [3.05, 3.63) is 48.0 Å². The highest BCUT2D eigenvalue weighted by Crippen LogP contribution is 2.10. The van der Waals surface area contributed by atoms with Gasteiger partial charge in [0.2, 0.25) is 5.91 Å². The second-order valence-corrected chi connectivity index (χ2v) is 4.56. The van der Waals surface area contributed by atoms with E-state index in [-0.39, 0.29) is 5.91 Å². The van der Waals surface area contributed by atoms with E-state index in [0.717, 1.165) is 22.6 Å². The van der Waals surface area contributed by atoms with E-state index in [0.29, 0.717) is 19.4 Å². The summed E-state index contributed by atoms with van der Waals surface area (Å²) in [5.74, 6) is 0.860. The van der Waals surface area contributed by atoms with Crippen molar-refractivity contribution in [1.29, 1.82) is 0 Å². The highest BCUT2D eigenvalue weighted by atomic mass is 16.1. The zero-order valence-corrected chi connectivity index (χ0v) is 10.9. The van der Waals surface area contributed by atoms with Gasteiger partial charge in [-0.15, -0.1) is 0 Å². The maximum atomic E-state index is 11.7. The minimum atomic E-state index is -0.0228. The molecule has 0 atom stereocenters. The van der Waals surface area contributed by atoms with Crippen molar-refractivity contribution in [2.24, 2.45) is 0 Å². The molecule has 1 aromatic carbocycles. The van der Waals surface area contributed by atoms with Gasteiger partial charge in [-0.1, -0.05) is 12.1 Å². The van der Waals surface area contributed by atoms with Crippen LogP contribution in [0.3, 0.4) is 0 Å². The third-order valence-corrected chi connectivity index (χ3v) is 3.03. The molecule has 0 spiro atoms. The largest absolute Gasteiger partial charge is 0.355 e. The van der Waals surface area contributed by atoms with Crippen molar-refractivity contribution in [3.63, 3.8) is 0 Å². The number of para-hydroxylation sites is 2. The van der Waals surface area contributed by atoms with Gasteiger partial charge in [0.1, 0.15) is 5.82 Å². The number of nitrogens with one attached hydrogen (secondary N) is 3. The molecule has 0 radical (unpaired) electrons. The highest BCUT2D eigenvalue weighted by molar-refractivity contribution is 5.78. The summed E-state index contributed by atoms with van der Waals surface area (Å²) < 4.78 is 0. The molecule has 3 aromatic rings. The fraction of sp³-hybridized carbons (Fsp3) is 0.214. The van der Waals surface area contributed by atoms with Gasteiger partial charge in [-0.05, 0) is 18.2 Å². The van der Waals surface area contributed by atoms with Gasteiger partial charge >= 0.3 is 0 Å². The Bertz CT molecular complexity index is 668. The minimum Gasteiger partial charge on any atom is -0.355 e. The summed E-state index contributed by atoms with van der Waals surface area (Å²) in [6, 6.07) is 9.67. The van der Waals surface area contributed by atoms with Gasteiger partial charge < -0.3 is 10.3 Å². The molecule has 1 amide bonds. The molecule has 0 saturated carbocycles. The number of rotatable bonds is 5. The lowest BCUT2D eigenvalue weighted by molar-refractivity contribution is -0.120. The summed E-state index contributed by atoms with van der Waals surface area (Å²) in [4.78, 5) is 19.4. The molecule has 6 heteroatoms. The van der Waals surface area contributed by atoms with E-state index < -0.39 is 0 Å². The summed E-state index contributed by atoms with van der Waals surface area (Å²) >= 11 is 0. The Labute approximate surface area is 115 Å². The lowest BCUT2D eigenvalue weighted by Crippen LogP contribution is -2.27. The molecule has 0 aliphatic carbocycles. The van der Waals surface area contributed by atoms with Crippen LogP contribution >= 0.6 is 0 Å². The fourth-order valence-electron chi connectivity index (χ4n) is 2.06. The number of fused-ring (bicyclic) bond motifs is 1. The molecule has 102 valence electrons. The number of hydrogen-bond donors (Lipinski definition) is 3. The van der Waals surface area contributed by atoms with Gasteiger partial charge in [-0.25, -0.2) is 4.98 Å². The van der Waals surface area contributed by atoms with Crippen molar-refractivity contribution in [2.75, 3.05) is 6.54 Å². The average Bonchev–Trinajstić information content (AvgIpc) is 3.07. The van der Waals surface area contributed by atoms with Crippen LogP contribution in [-0.4, -0.2) is 32.6 Å². The van der Waals surface area contributed by atoms with E-state index in [1.165, 1.54) is 0 Å². The van der Waals surface area contributed by atoms with Crippen LogP contribution in [-0.2, 0) is 17.6 Å². The van der Waals surface area contributed by atoms with E-state index in [1.807, 2.05) is 24.3 Å². The van der Waals surface area contributed by atoms with Crippen LogP contribution in [0.1, 0.15) is 11.5 Å². The number of hydrogen-bond acceptors (Lipinski definition) is 3. The summed E-state index contributed by atoms with van der Waals surface area (Å²) in [7, 11) is 0. The van der Waals surface area contributed by atoms with Crippen LogP contribution in [0.5, 0.6) is 0 Å². The standard InChI is InChI=1S/C14H15N5O/c20-14(9-10-5-8-16-19-10)15-7-6-13-17-11-3-1-2-4-12(11)18-13/h1-5,8H,6-7,9H2,(H,15,20)(H,16,19)(H,17,18). The predicted octanol–water partition coefficient (Wildman–Crippen LogP) is 1.19. The smallest absolute Gasteiger partial charge is 0.226 e. The number of imidazole rings is 1. The first kappa shape index (κ1) is 12.4. The number of H-pyrrole nitrogens is 2. The normalized spacial score (nSPS) is 10.8. The van der Waals surface area contributed by atoms with E-state index in [4.69, 9.17) is 0 Å². The SMILES string of the molecule is O=C(Cc1ccn[nH]1)NCCc1nc2ccccc2[nH]1. The molecule has 0 aliphatic heterocycles. The quantitative estimate of drug-likeness (QED) is 0.650. The second-order valence-electron chi connectivity index (χ2n) is 4.56. The number of aromatic nitrogens is 4. The monoisotopic (exact) mass is 269 g/mol. The third-order valence-electron chi connectivity index (χ3n) is 3.03. The number of carbonyl (C=O) groups excluding carboxylic acids is 1. The Kier molecular flexibility index (Phi) is 3.45. The number of aromatic amines is 2. The van der Waals surface area contributed by atoms with E-state index >= 15 is 0 Å². The molecule has 0 unspecified atom stereocenters. The predicted molar refractivity (Wildman–Crippen MR) is 75.1 cm³/mol. The van der Waals surface area contributed by atoms with Gasteiger partial charge in [-0.2, -0.15) is 5.10 Å². The molecule has 20 heavy (non-hydrogen) atoms. The Morgan fingerprint density at radius 2 is 2.15 bits per heavy atom. The van der Waals surface area contributed by atoms with Gasteiger partial charge in [0, 0.05) is 24.9 Å². The maximum Gasteiger partial charge on any atom is 0.226 e. The van der Waals surface area contributed by atoms with Crippen molar-refractivity contribution in [3.8, 4) is 0 Å². The zero-order valence-electron chi connectivity index (χ0n) is 10.9. The number of carbonyl (C=O) groups is 1. The van der Waals surface area contributed by atoms with Gasteiger partial charge in [0.25, 0.3) is 0 Å². The molecule has 0 bridgehead atoms. The first-order chi connectivity index (χ1) is 9.81. The van der Waals surface area contributed by atoms with Gasteiger partial charge in [-0.3, -0.25) is 9.89 Å². The lowest BCUT2D eigenvalue weighted by atomic mass is 10.3. The number of nitrogens with zero attached hydrogens (tertiary/aromatic N) is 2. The Morgan fingerprint density at radius 1 is 1.25 bits per heavy atom. The van der Waals surface area contributed by atoms with Crippen LogP contribution < -0.4 is 5.32 Å². The average molecular weight is 269 g/mol. The molecule has 2 aromatic heterocycles. The zero-order chi connectivity index (χ0) is 13.8. The highest BCUT2D eigenvalue weighted by Gasteiger charge is 2.05. The summed E-state index contributed by atoms with van der Waals surface area (Å²) in [6.07, 6.45) is 2.64. The Morgan fingerprint density at radius 3 is 2.95 bits per heavy atom. The summed E-state index contributed by atoms with van der Waals surface area (Å²) in [6.45, 7) is 0.562. The van der Waals surface area contributed by atoms with Crippen LogP contribution in [0.4, 0.5) is 0 Å². The van der Waals surface area contributed by atoms with E-state index in [9.17, 15) is 4.79 Å². The second kappa shape index (κ2) is 5.56. The van der Waals surface area contributed by atoms with Crippen molar-refractivity contribution < 1.29 is 4.79 Å². The Hall–Kier alpha value is -2.63.